The molecule has 23 heavy (non-hydrogen) atoms. The van der Waals surface area contributed by atoms with E-state index in [1.54, 1.807) is 17.2 Å². The lowest BCUT2D eigenvalue weighted by atomic mass is 9.72. The maximum atomic E-state index is 13.5. The summed E-state index contributed by atoms with van der Waals surface area (Å²) >= 11 is 0. The van der Waals surface area contributed by atoms with Crippen molar-refractivity contribution in [2.24, 2.45) is 0 Å². The van der Waals surface area contributed by atoms with Gasteiger partial charge in [-0.2, -0.15) is 0 Å². The number of amides is 2. The zero-order valence-corrected chi connectivity index (χ0v) is 12.6. The first-order chi connectivity index (χ1) is 11.0. The van der Waals surface area contributed by atoms with Crippen LogP contribution >= 0.6 is 0 Å². The van der Waals surface area contributed by atoms with E-state index in [-0.39, 0.29) is 11.8 Å². The van der Waals surface area contributed by atoms with Gasteiger partial charge in [0, 0.05) is 6.20 Å². The normalized spacial score (nSPS) is 18.3. The summed E-state index contributed by atoms with van der Waals surface area (Å²) in [6.45, 7) is 1.84. The molecule has 1 aliphatic heterocycles. The first-order valence-corrected chi connectivity index (χ1v) is 7.62. The number of nitrogens with one attached hydrogen (secondary N) is 2. The third-order valence-electron chi connectivity index (χ3n) is 4.85. The maximum absolute atomic E-state index is 13.5. The zero-order valence-electron chi connectivity index (χ0n) is 12.6. The molecule has 2 amide bonds. The number of rotatable bonds is 1. The summed E-state index contributed by atoms with van der Waals surface area (Å²) in [5, 5.41) is 2.76. The van der Waals surface area contributed by atoms with Crippen LogP contribution in [-0.4, -0.2) is 22.3 Å². The van der Waals surface area contributed by atoms with Gasteiger partial charge in [-0.25, -0.2) is 4.39 Å². The highest BCUT2D eigenvalue weighted by molar-refractivity contribution is 6.19. The fourth-order valence-electron chi connectivity index (χ4n) is 3.43. The molecule has 1 aromatic heterocycles. The molecule has 1 fully saturated rings. The second-order valence-corrected chi connectivity index (χ2v) is 6.18. The summed E-state index contributed by atoms with van der Waals surface area (Å²) in [7, 11) is 0. The highest BCUT2D eigenvalue weighted by atomic mass is 19.1. The number of halogens is 1. The first kappa shape index (κ1) is 14.0. The van der Waals surface area contributed by atoms with Gasteiger partial charge in [0.1, 0.15) is 17.1 Å². The van der Waals surface area contributed by atoms with E-state index in [1.165, 1.54) is 12.1 Å². The number of fused-ring (bicyclic) bond motifs is 1. The van der Waals surface area contributed by atoms with Crippen LogP contribution in [0.15, 0.2) is 30.5 Å². The van der Waals surface area contributed by atoms with Crippen molar-refractivity contribution in [1.82, 2.24) is 4.98 Å². The molecule has 5 nitrogen and oxygen atoms in total. The summed E-state index contributed by atoms with van der Waals surface area (Å²) in [5.74, 6) is -0.939. The Balaban J connectivity index is 1.89. The highest BCUT2D eigenvalue weighted by Gasteiger charge is 2.55. The molecule has 4 rings (SSSR count). The molecule has 0 unspecified atom stereocenters. The van der Waals surface area contributed by atoms with Crippen molar-refractivity contribution in [1.29, 1.82) is 0 Å². The van der Waals surface area contributed by atoms with E-state index in [9.17, 15) is 14.0 Å². The Bertz CT molecular complexity index is 823. The minimum atomic E-state index is -0.862. The molecule has 6 heteroatoms. The average molecular weight is 313 g/mol. The van der Waals surface area contributed by atoms with E-state index in [2.05, 4.69) is 10.3 Å². The van der Waals surface area contributed by atoms with Crippen LogP contribution in [-0.2, 0) is 4.79 Å². The van der Waals surface area contributed by atoms with Crippen LogP contribution in [0.4, 0.5) is 15.8 Å². The Labute approximate surface area is 132 Å². The fourth-order valence-corrected chi connectivity index (χ4v) is 3.43. The molecule has 118 valence electrons. The molecule has 1 aromatic carbocycles. The molecule has 0 bridgehead atoms. The number of H-pyrrole nitrogens is 1. The van der Waals surface area contributed by atoms with Gasteiger partial charge in [0.15, 0.2) is 0 Å². The Morgan fingerprint density at radius 3 is 2.70 bits per heavy atom. The van der Waals surface area contributed by atoms with Crippen molar-refractivity contribution in [3.05, 3.63) is 47.5 Å². The molecule has 0 radical (unpaired) electrons. The number of aromatic nitrogens is 1. The summed E-state index contributed by atoms with van der Waals surface area (Å²) in [4.78, 5) is 30.2. The lowest BCUT2D eigenvalue weighted by Crippen LogP contribution is -2.65. The molecule has 1 spiro atoms. The monoisotopic (exact) mass is 313 g/mol. The second kappa shape index (κ2) is 4.68. The number of hydrogen-bond acceptors (Lipinski definition) is 2. The maximum Gasteiger partial charge on any atom is 0.275 e. The largest absolute Gasteiger partial charge is 0.357 e. The quantitative estimate of drug-likeness (QED) is 0.850. The van der Waals surface area contributed by atoms with Crippen LogP contribution in [0, 0.1) is 12.7 Å². The molecular formula is C17H16FN3O2. The standard InChI is InChI=1S/C17H16FN3O2/c1-10-5-8-19-14(10)15(22)21-13-4-3-11(18)9-12(13)20-16(23)17(21)6-2-7-17/h3-5,8-9,19H,2,6-7H2,1H3,(H,20,23). The van der Waals surface area contributed by atoms with Crippen molar-refractivity contribution in [3.63, 3.8) is 0 Å². The third kappa shape index (κ3) is 1.84. The number of nitrogens with zero attached hydrogens (tertiary/aromatic N) is 1. The van der Waals surface area contributed by atoms with Crippen molar-refractivity contribution in [2.75, 3.05) is 10.2 Å². The lowest BCUT2D eigenvalue weighted by molar-refractivity contribution is -0.124. The van der Waals surface area contributed by atoms with Crippen LogP contribution in [0.25, 0.3) is 0 Å². The fraction of sp³-hybridized carbons (Fsp3) is 0.294. The van der Waals surface area contributed by atoms with Gasteiger partial charge in [-0.15, -0.1) is 0 Å². The number of aryl methyl sites for hydroxylation is 1. The van der Waals surface area contributed by atoms with Crippen LogP contribution in [0.1, 0.15) is 35.3 Å². The van der Waals surface area contributed by atoms with Gasteiger partial charge in [0.25, 0.3) is 11.8 Å². The molecule has 0 saturated heterocycles. The molecule has 2 aliphatic rings. The topological polar surface area (TPSA) is 65.2 Å². The molecule has 0 atom stereocenters. The SMILES string of the molecule is Cc1cc[nH]c1C(=O)N1c2ccc(F)cc2NC(=O)C12CCC2. The van der Waals surface area contributed by atoms with Gasteiger partial charge >= 0.3 is 0 Å². The summed E-state index contributed by atoms with van der Waals surface area (Å²) in [5.41, 5.74) is 1.30. The lowest BCUT2D eigenvalue weighted by Gasteiger charge is -2.51. The van der Waals surface area contributed by atoms with Gasteiger partial charge < -0.3 is 10.3 Å². The van der Waals surface area contributed by atoms with Gasteiger partial charge in [-0.3, -0.25) is 14.5 Å². The van der Waals surface area contributed by atoms with Crippen LogP contribution in [0.2, 0.25) is 0 Å². The summed E-state index contributed by atoms with van der Waals surface area (Å²) < 4.78 is 13.5. The van der Waals surface area contributed by atoms with Gasteiger partial charge in [0.05, 0.1) is 11.4 Å². The molecular weight excluding hydrogens is 297 g/mol. The number of benzene rings is 1. The van der Waals surface area contributed by atoms with Crippen molar-refractivity contribution in [2.45, 2.75) is 31.7 Å². The average Bonchev–Trinajstić information content (AvgIpc) is 2.89. The van der Waals surface area contributed by atoms with Gasteiger partial charge in [0.2, 0.25) is 0 Å². The Morgan fingerprint density at radius 2 is 2.09 bits per heavy atom. The Morgan fingerprint density at radius 1 is 1.30 bits per heavy atom. The molecule has 2 aromatic rings. The number of carbonyl (C=O) groups excluding carboxylic acids is 2. The first-order valence-electron chi connectivity index (χ1n) is 7.62. The van der Waals surface area contributed by atoms with Crippen LogP contribution in [0.3, 0.4) is 0 Å². The van der Waals surface area contributed by atoms with Crippen LogP contribution in [0.5, 0.6) is 0 Å². The molecule has 2 heterocycles. The van der Waals surface area contributed by atoms with E-state index in [0.717, 1.165) is 12.0 Å². The van der Waals surface area contributed by atoms with E-state index < -0.39 is 11.4 Å². The van der Waals surface area contributed by atoms with E-state index in [4.69, 9.17) is 0 Å². The number of anilines is 2. The Kier molecular flexibility index (Phi) is 2.85. The minimum Gasteiger partial charge on any atom is -0.357 e. The molecule has 1 saturated carbocycles. The number of carbonyl (C=O) groups is 2. The molecule has 1 aliphatic carbocycles. The third-order valence-corrected chi connectivity index (χ3v) is 4.85. The van der Waals surface area contributed by atoms with E-state index >= 15 is 0 Å². The molecule has 2 N–H and O–H groups in total. The van der Waals surface area contributed by atoms with E-state index in [0.29, 0.717) is 29.9 Å². The van der Waals surface area contributed by atoms with Crippen molar-refractivity contribution in [3.8, 4) is 0 Å². The van der Waals surface area contributed by atoms with E-state index in [1.807, 2.05) is 13.0 Å². The van der Waals surface area contributed by atoms with Crippen molar-refractivity contribution < 1.29 is 14.0 Å². The van der Waals surface area contributed by atoms with Gasteiger partial charge in [-0.05, 0) is 56.0 Å². The second-order valence-electron chi connectivity index (χ2n) is 6.18. The number of hydrogen-bond donors (Lipinski definition) is 2. The highest BCUT2D eigenvalue weighted by Crippen LogP contribution is 2.47. The van der Waals surface area contributed by atoms with Crippen molar-refractivity contribution >= 4 is 23.2 Å². The number of aromatic amines is 1. The van der Waals surface area contributed by atoms with Gasteiger partial charge in [-0.1, -0.05) is 0 Å². The zero-order chi connectivity index (χ0) is 16.2. The van der Waals surface area contributed by atoms with Crippen LogP contribution < -0.4 is 10.2 Å². The Hall–Kier alpha value is -2.63. The summed E-state index contributed by atoms with van der Waals surface area (Å²) in [6, 6.07) is 5.93. The predicted octanol–water partition coefficient (Wildman–Crippen LogP) is 2.98. The minimum absolute atomic E-state index is 0.237. The summed E-state index contributed by atoms with van der Waals surface area (Å²) in [6.07, 6.45) is 3.81. The smallest absolute Gasteiger partial charge is 0.275 e. The predicted molar refractivity (Wildman–Crippen MR) is 84.0 cm³/mol.